The number of nitrogens with one attached hydrogen (secondary N) is 2. The molecule has 0 unspecified atom stereocenters. The average molecular weight is 353 g/mol. The van der Waals surface area contributed by atoms with E-state index in [2.05, 4.69) is 10.6 Å². The second kappa shape index (κ2) is 8.38. The van der Waals surface area contributed by atoms with Crippen molar-refractivity contribution in [2.24, 2.45) is 0 Å². The van der Waals surface area contributed by atoms with Gasteiger partial charge in [0, 0.05) is 12.2 Å². The van der Waals surface area contributed by atoms with Gasteiger partial charge in [-0.2, -0.15) is 0 Å². The number of fused-ring (bicyclic) bond motifs is 1. The van der Waals surface area contributed by atoms with Crippen molar-refractivity contribution in [2.75, 3.05) is 29.9 Å². The normalized spacial score (nSPS) is 15.6. The first-order valence-corrected chi connectivity index (χ1v) is 8.80. The number of para-hydroxylation sites is 3. The summed E-state index contributed by atoms with van der Waals surface area (Å²) in [7, 11) is 0. The fourth-order valence-corrected chi connectivity index (χ4v) is 2.85. The molecule has 0 bridgehead atoms. The second-order valence-corrected chi connectivity index (χ2v) is 6.16. The molecular weight excluding hydrogens is 330 g/mol. The lowest BCUT2D eigenvalue weighted by atomic mass is 10.1. The molecule has 6 nitrogen and oxygen atoms in total. The topological polar surface area (TPSA) is 70.7 Å². The Morgan fingerprint density at radius 1 is 1.12 bits per heavy atom. The Labute approximate surface area is 153 Å². The van der Waals surface area contributed by atoms with E-state index in [0.717, 1.165) is 17.8 Å². The van der Waals surface area contributed by atoms with Crippen LogP contribution in [0, 0.1) is 0 Å². The summed E-state index contributed by atoms with van der Waals surface area (Å²) in [6, 6.07) is 16.8. The first kappa shape index (κ1) is 17.8. The number of nitrogens with zero attached hydrogens (tertiary/aromatic N) is 1. The third kappa shape index (κ3) is 4.33. The van der Waals surface area contributed by atoms with Gasteiger partial charge in [0.05, 0.1) is 18.8 Å². The zero-order valence-electron chi connectivity index (χ0n) is 14.8. The Morgan fingerprint density at radius 3 is 2.62 bits per heavy atom. The molecular formula is C20H23N3O3. The van der Waals surface area contributed by atoms with Gasteiger partial charge in [0.25, 0.3) is 5.91 Å². The Bertz CT molecular complexity index is 764. The zero-order chi connectivity index (χ0) is 18.4. The second-order valence-electron chi connectivity index (χ2n) is 6.16. The maximum atomic E-state index is 12.4. The summed E-state index contributed by atoms with van der Waals surface area (Å²) in [4.78, 5) is 26.7. The molecule has 2 aromatic rings. The van der Waals surface area contributed by atoms with Gasteiger partial charge in [0.2, 0.25) is 5.91 Å². The first-order valence-electron chi connectivity index (χ1n) is 8.80. The highest BCUT2D eigenvalue weighted by molar-refractivity contribution is 5.94. The third-order valence-electron chi connectivity index (χ3n) is 4.10. The Kier molecular flexibility index (Phi) is 5.73. The average Bonchev–Trinajstić information content (AvgIpc) is 2.66. The number of carbonyl (C=O) groups is 2. The Morgan fingerprint density at radius 2 is 1.85 bits per heavy atom. The predicted octanol–water partition coefficient (Wildman–Crippen LogP) is 2.42. The summed E-state index contributed by atoms with van der Waals surface area (Å²) in [5.74, 6) is 0.318. The van der Waals surface area contributed by atoms with E-state index in [1.807, 2.05) is 66.4 Å². The first-order chi connectivity index (χ1) is 12.7. The molecule has 26 heavy (non-hydrogen) atoms. The van der Waals surface area contributed by atoms with Gasteiger partial charge in [-0.05, 0) is 30.7 Å². The number of benzene rings is 2. The molecule has 0 aliphatic carbocycles. The van der Waals surface area contributed by atoms with E-state index in [1.54, 1.807) is 0 Å². The molecule has 6 heteroatoms. The van der Waals surface area contributed by atoms with E-state index in [0.29, 0.717) is 18.8 Å². The number of anilines is 2. The number of hydrogen-bond donors (Lipinski definition) is 2. The lowest BCUT2D eigenvalue weighted by molar-refractivity contribution is -0.128. The molecule has 0 saturated carbocycles. The van der Waals surface area contributed by atoms with E-state index in [-0.39, 0.29) is 18.4 Å². The number of hydrogen-bond acceptors (Lipinski definition) is 4. The summed E-state index contributed by atoms with van der Waals surface area (Å²) >= 11 is 0. The van der Waals surface area contributed by atoms with E-state index in [4.69, 9.17) is 4.74 Å². The third-order valence-corrected chi connectivity index (χ3v) is 4.10. The summed E-state index contributed by atoms with van der Waals surface area (Å²) in [5, 5.41) is 5.73. The largest absolute Gasteiger partial charge is 0.477 e. The minimum absolute atomic E-state index is 0.138. The van der Waals surface area contributed by atoms with Crippen LogP contribution in [0.3, 0.4) is 0 Å². The molecule has 2 aromatic carbocycles. The molecule has 1 aliphatic rings. The van der Waals surface area contributed by atoms with Crippen molar-refractivity contribution >= 4 is 23.2 Å². The highest BCUT2D eigenvalue weighted by Gasteiger charge is 2.31. The van der Waals surface area contributed by atoms with Crippen molar-refractivity contribution < 1.29 is 14.3 Å². The molecule has 0 spiro atoms. The molecule has 1 atom stereocenters. The maximum Gasteiger partial charge on any atom is 0.262 e. The van der Waals surface area contributed by atoms with Crippen LogP contribution in [-0.2, 0) is 9.59 Å². The van der Waals surface area contributed by atoms with Crippen LogP contribution < -0.4 is 20.3 Å². The summed E-state index contributed by atoms with van der Waals surface area (Å²) in [5.41, 5.74) is 1.56. The van der Waals surface area contributed by atoms with Crippen LogP contribution in [0.2, 0.25) is 0 Å². The molecule has 2 N–H and O–H groups in total. The Balaban J connectivity index is 1.72. The van der Waals surface area contributed by atoms with Crippen molar-refractivity contribution in [1.82, 2.24) is 5.32 Å². The van der Waals surface area contributed by atoms with E-state index in [1.165, 1.54) is 0 Å². The molecule has 136 valence electrons. The van der Waals surface area contributed by atoms with Gasteiger partial charge in [-0.25, -0.2) is 0 Å². The molecule has 2 amide bonds. The van der Waals surface area contributed by atoms with E-state index >= 15 is 0 Å². The van der Waals surface area contributed by atoms with Crippen molar-refractivity contribution in [3.63, 3.8) is 0 Å². The van der Waals surface area contributed by atoms with Crippen LogP contribution in [0.15, 0.2) is 54.6 Å². The van der Waals surface area contributed by atoms with Crippen LogP contribution in [0.1, 0.15) is 13.3 Å². The number of amides is 2. The molecule has 3 rings (SSSR count). The quantitative estimate of drug-likeness (QED) is 0.837. The van der Waals surface area contributed by atoms with Crippen LogP contribution in [0.4, 0.5) is 11.4 Å². The minimum atomic E-state index is -0.638. The molecule has 0 aromatic heterocycles. The highest BCUT2D eigenvalue weighted by atomic mass is 16.5. The standard InChI is InChI=1S/C20H23N3O3/c1-2-12-21-20(25)18-13-23(16-10-6-7-11-17(16)26-18)14-19(24)22-15-8-4-3-5-9-15/h3-11,18H,2,12-14H2,1H3,(H,21,25)(H,22,24)/t18-/m0/s1. The maximum absolute atomic E-state index is 12.4. The van der Waals surface area contributed by atoms with Gasteiger partial charge >= 0.3 is 0 Å². The molecule has 0 fully saturated rings. The molecule has 1 aliphatic heterocycles. The van der Waals surface area contributed by atoms with Gasteiger partial charge in [0.15, 0.2) is 6.10 Å². The fraction of sp³-hybridized carbons (Fsp3) is 0.300. The lowest BCUT2D eigenvalue weighted by Gasteiger charge is -2.35. The van der Waals surface area contributed by atoms with Gasteiger partial charge < -0.3 is 20.3 Å². The smallest absolute Gasteiger partial charge is 0.262 e. The van der Waals surface area contributed by atoms with Gasteiger partial charge in [-0.1, -0.05) is 37.3 Å². The monoisotopic (exact) mass is 353 g/mol. The van der Waals surface area contributed by atoms with E-state index < -0.39 is 6.10 Å². The van der Waals surface area contributed by atoms with Crippen molar-refractivity contribution in [2.45, 2.75) is 19.4 Å². The molecule has 0 radical (unpaired) electrons. The number of ether oxygens (including phenoxy) is 1. The Hall–Kier alpha value is -3.02. The lowest BCUT2D eigenvalue weighted by Crippen LogP contribution is -2.50. The minimum Gasteiger partial charge on any atom is -0.477 e. The van der Waals surface area contributed by atoms with Gasteiger partial charge in [0.1, 0.15) is 5.75 Å². The highest BCUT2D eigenvalue weighted by Crippen LogP contribution is 2.32. The van der Waals surface area contributed by atoms with Crippen molar-refractivity contribution in [3.8, 4) is 5.75 Å². The van der Waals surface area contributed by atoms with Gasteiger partial charge in [-0.15, -0.1) is 0 Å². The molecule has 0 saturated heterocycles. The zero-order valence-corrected chi connectivity index (χ0v) is 14.8. The fourth-order valence-electron chi connectivity index (χ4n) is 2.85. The summed E-state index contributed by atoms with van der Waals surface area (Å²) < 4.78 is 5.84. The number of rotatable bonds is 6. The van der Waals surface area contributed by atoms with E-state index in [9.17, 15) is 9.59 Å². The SMILES string of the molecule is CCCNC(=O)[C@@H]1CN(CC(=O)Nc2ccccc2)c2ccccc2O1. The van der Waals surface area contributed by atoms with Crippen LogP contribution in [0.25, 0.3) is 0 Å². The van der Waals surface area contributed by atoms with Crippen LogP contribution in [-0.4, -0.2) is 37.6 Å². The van der Waals surface area contributed by atoms with Crippen molar-refractivity contribution in [1.29, 1.82) is 0 Å². The molecule has 1 heterocycles. The van der Waals surface area contributed by atoms with Crippen LogP contribution >= 0.6 is 0 Å². The van der Waals surface area contributed by atoms with Crippen LogP contribution in [0.5, 0.6) is 5.75 Å². The predicted molar refractivity (Wildman–Crippen MR) is 101 cm³/mol. The summed E-state index contributed by atoms with van der Waals surface area (Å²) in [6.45, 7) is 3.08. The number of carbonyl (C=O) groups excluding carboxylic acids is 2. The van der Waals surface area contributed by atoms with Gasteiger partial charge in [-0.3, -0.25) is 9.59 Å². The van der Waals surface area contributed by atoms with Crippen molar-refractivity contribution in [3.05, 3.63) is 54.6 Å². The summed E-state index contributed by atoms with van der Waals surface area (Å²) in [6.07, 6.45) is 0.221.